The fraction of sp³-hybridized carbons (Fsp3) is 0.250. The number of hydrogen-bond donors (Lipinski definition) is 0. The van der Waals surface area contributed by atoms with E-state index in [4.69, 9.17) is 20.9 Å². The lowest BCUT2D eigenvalue weighted by atomic mass is 10.0. The highest BCUT2D eigenvalue weighted by atomic mass is 19.1. The number of hydrogen-bond acceptors (Lipinski definition) is 6. The van der Waals surface area contributed by atoms with Gasteiger partial charge in [-0.05, 0) is 43.3 Å². The molecule has 5 rings (SSSR count). The number of pyridine rings is 2. The molecule has 1 fully saturated rings. The van der Waals surface area contributed by atoms with Crippen molar-refractivity contribution < 1.29 is 13.9 Å². The van der Waals surface area contributed by atoms with Crippen LogP contribution in [0.4, 0.5) is 10.2 Å². The number of benzene rings is 1. The average molecular weight is 482 g/mol. The standard InChI is InChI=1S/C28H24FN5O2/c1-3-19-13-23(6-7-26(19)29)36-22-9-11-33(12-10-22)27-8-5-20(16-31-27)25-14-24(35-4-2)18-34-28(25)21(15-30)17-32-34/h1,5-8,13-14,16-18,22H,4,9-12H2,2H3. The second-order valence-electron chi connectivity index (χ2n) is 8.48. The summed E-state index contributed by atoms with van der Waals surface area (Å²) in [5.41, 5.74) is 3.14. The van der Waals surface area contributed by atoms with Gasteiger partial charge in [-0.25, -0.2) is 13.9 Å². The van der Waals surface area contributed by atoms with Gasteiger partial charge in [0, 0.05) is 43.3 Å². The van der Waals surface area contributed by atoms with Gasteiger partial charge in [0.2, 0.25) is 0 Å². The molecule has 0 unspecified atom stereocenters. The molecule has 0 aliphatic carbocycles. The molecule has 1 aliphatic rings. The number of aromatic nitrogens is 3. The van der Waals surface area contributed by atoms with Crippen LogP contribution in [0.5, 0.6) is 11.5 Å². The van der Waals surface area contributed by atoms with Crippen molar-refractivity contribution in [3.05, 3.63) is 71.9 Å². The van der Waals surface area contributed by atoms with Crippen LogP contribution in [0, 0.1) is 29.5 Å². The summed E-state index contributed by atoms with van der Waals surface area (Å²) >= 11 is 0. The van der Waals surface area contributed by atoms with Crippen molar-refractivity contribution in [1.82, 2.24) is 14.6 Å². The van der Waals surface area contributed by atoms with Crippen molar-refractivity contribution in [2.45, 2.75) is 25.9 Å². The largest absolute Gasteiger partial charge is 0.492 e. The van der Waals surface area contributed by atoms with Gasteiger partial charge in [0.25, 0.3) is 0 Å². The number of ether oxygens (including phenoxy) is 2. The summed E-state index contributed by atoms with van der Waals surface area (Å²) in [4.78, 5) is 6.93. The van der Waals surface area contributed by atoms with Gasteiger partial charge in [-0.1, -0.05) is 5.92 Å². The third kappa shape index (κ3) is 4.54. The van der Waals surface area contributed by atoms with E-state index in [1.807, 2.05) is 31.3 Å². The summed E-state index contributed by atoms with van der Waals surface area (Å²) in [6.07, 6.45) is 12.1. The summed E-state index contributed by atoms with van der Waals surface area (Å²) in [7, 11) is 0. The summed E-state index contributed by atoms with van der Waals surface area (Å²) in [5.74, 6) is 4.06. The molecule has 1 saturated heterocycles. The summed E-state index contributed by atoms with van der Waals surface area (Å²) in [5, 5.41) is 13.8. The van der Waals surface area contributed by atoms with E-state index in [0.29, 0.717) is 23.7 Å². The van der Waals surface area contributed by atoms with Crippen LogP contribution in [0.1, 0.15) is 30.9 Å². The molecule has 0 N–H and O–H groups in total. The van der Waals surface area contributed by atoms with Crippen LogP contribution in [-0.4, -0.2) is 40.4 Å². The maximum absolute atomic E-state index is 13.6. The minimum Gasteiger partial charge on any atom is -0.492 e. The number of fused-ring (bicyclic) bond motifs is 1. The molecule has 0 radical (unpaired) electrons. The molecule has 1 aromatic carbocycles. The first kappa shape index (κ1) is 23.2. The van der Waals surface area contributed by atoms with E-state index in [2.05, 4.69) is 22.0 Å². The van der Waals surface area contributed by atoms with Crippen LogP contribution in [-0.2, 0) is 0 Å². The molecular formula is C28H24FN5O2. The van der Waals surface area contributed by atoms with E-state index in [1.54, 1.807) is 29.0 Å². The van der Waals surface area contributed by atoms with Gasteiger partial charge in [-0.3, -0.25) is 0 Å². The van der Waals surface area contributed by atoms with Crippen LogP contribution >= 0.6 is 0 Å². The molecule has 8 heteroatoms. The van der Waals surface area contributed by atoms with Crippen LogP contribution in [0.25, 0.3) is 16.6 Å². The van der Waals surface area contributed by atoms with Gasteiger partial charge in [-0.15, -0.1) is 6.42 Å². The molecular weight excluding hydrogens is 457 g/mol. The molecule has 0 saturated carbocycles. The third-order valence-electron chi connectivity index (χ3n) is 6.24. The second kappa shape index (κ2) is 9.97. The molecule has 7 nitrogen and oxygen atoms in total. The lowest BCUT2D eigenvalue weighted by molar-refractivity contribution is 0.170. The first-order valence-electron chi connectivity index (χ1n) is 11.8. The van der Waals surface area contributed by atoms with E-state index >= 15 is 0 Å². The molecule has 0 atom stereocenters. The molecule has 4 aromatic rings. The minimum atomic E-state index is -0.420. The Labute approximate surface area is 208 Å². The molecule has 0 bridgehead atoms. The summed E-state index contributed by atoms with van der Waals surface area (Å²) in [6.45, 7) is 4.02. The van der Waals surface area contributed by atoms with Crippen molar-refractivity contribution in [2.24, 2.45) is 0 Å². The van der Waals surface area contributed by atoms with Gasteiger partial charge >= 0.3 is 0 Å². The maximum atomic E-state index is 13.6. The normalized spacial score (nSPS) is 13.8. The monoisotopic (exact) mass is 481 g/mol. The summed E-state index contributed by atoms with van der Waals surface area (Å²) < 4.78 is 27.1. The third-order valence-corrected chi connectivity index (χ3v) is 6.24. The maximum Gasteiger partial charge on any atom is 0.139 e. The van der Waals surface area contributed by atoms with Gasteiger partial charge in [-0.2, -0.15) is 10.4 Å². The van der Waals surface area contributed by atoms with Crippen molar-refractivity contribution >= 4 is 11.3 Å². The smallest absolute Gasteiger partial charge is 0.139 e. The van der Waals surface area contributed by atoms with Crippen molar-refractivity contribution in [3.8, 4) is 41.0 Å². The minimum absolute atomic E-state index is 0.0254. The Kier molecular flexibility index (Phi) is 6.42. The average Bonchev–Trinajstić information content (AvgIpc) is 3.33. The molecule has 0 amide bonds. The van der Waals surface area contributed by atoms with Gasteiger partial charge < -0.3 is 14.4 Å². The van der Waals surface area contributed by atoms with Crippen LogP contribution in [0.3, 0.4) is 0 Å². The lowest BCUT2D eigenvalue weighted by Crippen LogP contribution is -2.38. The highest BCUT2D eigenvalue weighted by Gasteiger charge is 2.22. The fourth-order valence-corrected chi connectivity index (χ4v) is 4.46. The fourth-order valence-electron chi connectivity index (χ4n) is 4.46. The molecule has 0 spiro atoms. The highest BCUT2D eigenvalue weighted by Crippen LogP contribution is 2.32. The topological polar surface area (TPSA) is 75.7 Å². The van der Waals surface area contributed by atoms with Gasteiger partial charge in [0.05, 0.1) is 35.6 Å². The number of anilines is 1. The van der Waals surface area contributed by atoms with Crippen molar-refractivity contribution in [2.75, 3.05) is 24.6 Å². The van der Waals surface area contributed by atoms with Crippen LogP contribution in [0.2, 0.25) is 0 Å². The molecule has 1 aliphatic heterocycles. The number of terminal acetylenes is 1. The van der Waals surface area contributed by atoms with Gasteiger partial charge in [0.1, 0.15) is 35.3 Å². The molecule has 4 heterocycles. The van der Waals surface area contributed by atoms with Crippen LogP contribution < -0.4 is 14.4 Å². The lowest BCUT2D eigenvalue weighted by Gasteiger charge is -2.33. The summed E-state index contributed by atoms with van der Waals surface area (Å²) in [6, 6.07) is 12.6. The molecule has 3 aromatic heterocycles. The molecule has 36 heavy (non-hydrogen) atoms. The first-order chi connectivity index (χ1) is 17.6. The van der Waals surface area contributed by atoms with Crippen molar-refractivity contribution in [1.29, 1.82) is 5.26 Å². The highest BCUT2D eigenvalue weighted by molar-refractivity contribution is 5.85. The first-order valence-corrected chi connectivity index (χ1v) is 11.8. The van der Waals surface area contributed by atoms with Gasteiger partial charge in [0.15, 0.2) is 0 Å². The Balaban J connectivity index is 1.30. The number of piperidine rings is 1. The quantitative estimate of drug-likeness (QED) is 0.367. The number of nitrogens with zero attached hydrogens (tertiary/aromatic N) is 5. The zero-order chi connectivity index (χ0) is 25.1. The van der Waals surface area contributed by atoms with E-state index in [9.17, 15) is 9.65 Å². The number of rotatable bonds is 6. The zero-order valence-electron chi connectivity index (χ0n) is 19.8. The number of halogens is 1. The van der Waals surface area contributed by atoms with E-state index in [1.165, 1.54) is 6.07 Å². The van der Waals surface area contributed by atoms with Crippen molar-refractivity contribution in [3.63, 3.8) is 0 Å². The van der Waals surface area contributed by atoms with E-state index < -0.39 is 5.82 Å². The molecule has 180 valence electrons. The van der Waals surface area contributed by atoms with E-state index in [0.717, 1.165) is 48.4 Å². The Morgan fingerprint density at radius 1 is 1.11 bits per heavy atom. The Morgan fingerprint density at radius 2 is 1.94 bits per heavy atom. The predicted octanol–water partition coefficient (Wildman–Crippen LogP) is 4.83. The second-order valence-corrected chi connectivity index (χ2v) is 8.48. The SMILES string of the molecule is C#Cc1cc(OC2CCN(c3ccc(-c4cc(OCC)cn5ncc(C#N)c45)cn3)CC2)ccc1F. The Morgan fingerprint density at radius 3 is 2.64 bits per heavy atom. The predicted molar refractivity (Wildman–Crippen MR) is 135 cm³/mol. The Hall–Kier alpha value is -4.56. The number of nitriles is 1. The zero-order valence-corrected chi connectivity index (χ0v) is 19.8. The van der Waals surface area contributed by atoms with Crippen LogP contribution in [0.15, 0.2) is 55.0 Å². The Bertz CT molecular complexity index is 1480. The van der Waals surface area contributed by atoms with E-state index in [-0.39, 0.29) is 11.7 Å².